The highest BCUT2D eigenvalue weighted by molar-refractivity contribution is 5.71. The normalized spacial score (nSPS) is 17.3. The molecule has 1 aromatic heterocycles. The van der Waals surface area contributed by atoms with E-state index in [9.17, 15) is 10.4 Å². The number of para-hydroxylation sites is 1. The Balaban J connectivity index is 0.00000243. The van der Waals surface area contributed by atoms with Crippen molar-refractivity contribution in [1.29, 1.82) is 5.26 Å². The minimum Gasteiger partial charge on any atom is -0.507 e. The molecule has 5 heteroatoms. The van der Waals surface area contributed by atoms with Crippen molar-refractivity contribution < 1.29 is 5.11 Å². The van der Waals surface area contributed by atoms with E-state index >= 15 is 0 Å². The van der Waals surface area contributed by atoms with Crippen LogP contribution in [0.2, 0.25) is 0 Å². The number of anilines is 1. The lowest BCUT2D eigenvalue weighted by molar-refractivity contribution is 0.208. The number of nitrogens with zero attached hydrogens (tertiary/aromatic N) is 3. The first-order valence-corrected chi connectivity index (χ1v) is 8.85. The van der Waals surface area contributed by atoms with Crippen molar-refractivity contribution in [3.8, 4) is 23.1 Å². The fourth-order valence-electron chi connectivity index (χ4n) is 3.69. The molecule has 1 saturated heterocycles. The van der Waals surface area contributed by atoms with Gasteiger partial charge in [0.05, 0.1) is 11.3 Å². The van der Waals surface area contributed by atoms with Crippen LogP contribution in [0.3, 0.4) is 0 Å². The minimum atomic E-state index is 0. The summed E-state index contributed by atoms with van der Waals surface area (Å²) in [7, 11) is 0. The maximum Gasteiger partial charge on any atom is 0.142 e. The number of rotatable bonds is 4. The van der Waals surface area contributed by atoms with Crippen LogP contribution in [-0.4, -0.2) is 34.6 Å². The lowest BCUT2D eigenvalue weighted by Gasteiger charge is -2.33. The number of nitrogen functional groups attached to an aromatic ring is 1. The van der Waals surface area contributed by atoms with E-state index < -0.39 is 0 Å². The summed E-state index contributed by atoms with van der Waals surface area (Å²) < 4.78 is 0. The van der Waals surface area contributed by atoms with Crippen molar-refractivity contribution in [2.45, 2.75) is 39.5 Å². The first kappa shape index (κ1) is 19.7. The van der Waals surface area contributed by atoms with Gasteiger partial charge in [0, 0.05) is 12.1 Å². The molecule has 0 bridgehead atoms. The zero-order chi connectivity index (χ0) is 17.8. The van der Waals surface area contributed by atoms with Crippen molar-refractivity contribution in [3.05, 3.63) is 41.5 Å². The highest BCUT2D eigenvalue weighted by Gasteiger charge is 2.25. The average Bonchev–Trinajstić information content (AvgIpc) is 2.62. The molecular formula is C21H28N4O. The van der Waals surface area contributed by atoms with E-state index in [0.717, 1.165) is 44.5 Å². The van der Waals surface area contributed by atoms with Crippen LogP contribution in [0.25, 0.3) is 11.3 Å². The van der Waals surface area contributed by atoms with E-state index in [2.05, 4.69) is 22.9 Å². The molecule has 0 radical (unpaired) electrons. The number of phenols is 1. The van der Waals surface area contributed by atoms with E-state index in [1.165, 1.54) is 0 Å². The zero-order valence-electron chi connectivity index (χ0n) is 14.6. The maximum absolute atomic E-state index is 10.1. The van der Waals surface area contributed by atoms with Crippen LogP contribution >= 0.6 is 0 Å². The molecule has 0 spiro atoms. The molecule has 26 heavy (non-hydrogen) atoms. The Kier molecular flexibility index (Phi) is 6.59. The SMILES string of the molecule is C.CCCN1CCCC(c2cc(-c3ccccc3O)nc(N)c2C#N)C1. The largest absolute Gasteiger partial charge is 0.507 e. The fourth-order valence-corrected chi connectivity index (χ4v) is 3.69. The van der Waals surface area contributed by atoms with Crippen LogP contribution in [0.15, 0.2) is 30.3 Å². The van der Waals surface area contributed by atoms with E-state index in [0.29, 0.717) is 16.8 Å². The Morgan fingerprint density at radius 1 is 1.38 bits per heavy atom. The molecule has 1 unspecified atom stereocenters. The number of pyridine rings is 1. The smallest absolute Gasteiger partial charge is 0.142 e. The zero-order valence-corrected chi connectivity index (χ0v) is 14.6. The van der Waals surface area contributed by atoms with Gasteiger partial charge in [-0.3, -0.25) is 0 Å². The summed E-state index contributed by atoms with van der Waals surface area (Å²) in [5.74, 6) is 0.678. The van der Waals surface area contributed by atoms with Crippen LogP contribution in [0.1, 0.15) is 50.7 Å². The monoisotopic (exact) mass is 352 g/mol. The number of piperidine rings is 1. The topological polar surface area (TPSA) is 86.2 Å². The quantitative estimate of drug-likeness (QED) is 0.864. The molecule has 1 aromatic carbocycles. The number of phenolic OH excluding ortho intramolecular Hbond substituents is 1. The number of hydrogen-bond acceptors (Lipinski definition) is 5. The van der Waals surface area contributed by atoms with Gasteiger partial charge in [-0.15, -0.1) is 0 Å². The molecule has 1 aliphatic heterocycles. The van der Waals surface area contributed by atoms with Gasteiger partial charge in [-0.2, -0.15) is 5.26 Å². The molecule has 1 aliphatic rings. The number of nitriles is 1. The molecule has 3 rings (SSSR count). The molecule has 0 aliphatic carbocycles. The molecule has 2 aromatic rings. The first-order valence-electron chi connectivity index (χ1n) is 8.85. The van der Waals surface area contributed by atoms with Crippen molar-refractivity contribution in [2.24, 2.45) is 0 Å². The summed E-state index contributed by atoms with van der Waals surface area (Å²) >= 11 is 0. The molecule has 1 fully saturated rings. The predicted octanol–water partition coefficient (Wildman–Crippen LogP) is 4.13. The van der Waals surface area contributed by atoms with Crippen LogP contribution in [-0.2, 0) is 0 Å². The Hall–Kier alpha value is -2.58. The van der Waals surface area contributed by atoms with Gasteiger partial charge in [0.15, 0.2) is 0 Å². The van der Waals surface area contributed by atoms with E-state index in [-0.39, 0.29) is 24.9 Å². The van der Waals surface area contributed by atoms with Gasteiger partial charge in [-0.25, -0.2) is 4.98 Å². The third kappa shape index (κ3) is 3.97. The second kappa shape index (κ2) is 8.68. The van der Waals surface area contributed by atoms with Gasteiger partial charge in [0.2, 0.25) is 0 Å². The molecule has 138 valence electrons. The lowest BCUT2D eigenvalue weighted by atomic mass is 9.87. The second-order valence-corrected chi connectivity index (χ2v) is 6.63. The van der Waals surface area contributed by atoms with E-state index in [1.54, 1.807) is 12.1 Å². The molecule has 3 N–H and O–H groups in total. The fraction of sp³-hybridized carbons (Fsp3) is 0.429. The van der Waals surface area contributed by atoms with Gasteiger partial charge >= 0.3 is 0 Å². The molecule has 2 heterocycles. The van der Waals surface area contributed by atoms with Crippen molar-refractivity contribution in [1.82, 2.24) is 9.88 Å². The summed E-state index contributed by atoms with van der Waals surface area (Å²) in [5, 5.41) is 19.7. The number of aromatic hydroxyl groups is 1. The van der Waals surface area contributed by atoms with E-state index in [1.807, 2.05) is 18.2 Å². The van der Waals surface area contributed by atoms with Crippen molar-refractivity contribution in [2.75, 3.05) is 25.4 Å². The number of hydrogen-bond donors (Lipinski definition) is 2. The number of likely N-dealkylation sites (tertiary alicyclic amines) is 1. The Morgan fingerprint density at radius 2 is 2.15 bits per heavy atom. The average molecular weight is 352 g/mol. The first-order chi connectivity index (χ1) is 12.1. The van der Waals surface area contributed by atoms with Gasteiger partial charge in [-0.1, -0.05) is 26.5 Å². The van der Waals surface area contributed by atoms with Gasteiger partial charge < -0.3 is 15.7 Å². The standard InChI is InChI=1S/C20H24N4O.CH4/c1-2-9-24-10-5-6-14(13-24)16-11-18(23-20(22)17(16)12-21)15-7-3-4-8-19(15)25;/h3-4,7-8,11,14,25H,2,5-6,9-10,13H2,1H3,(H2,22,23);1H4. The highest BCUT2D eigenvalue weighted by atomic mass is 16.3. The molecule has 0 amide bonds. The number of nitrogens with two attached hydrogens (primary N) is 1. The summed E-state index contributed by atoms with van der Waals surface area (Å²) in [6.07, 6.45) is 3.28. The third-order valence-electron chi connectivity index (χ3n) is 4.85. The summed E-state index contributed by atoms with van der Waals surface area (Å²) in [6.45, 7) is 5.31. The Morgan fingerprint density at radius 3 is 2.85 bits per heavy atom. The van der Waals surface area contributed by atoms with Crippen LogP contribution in [0, 0.1) is 11.3 Å². The molecular weight excluding hydrogens is 324 g/mol. The third-order valence-corrected chi connectivity index (χ3v) is 4.85. The summed E-state index contributed by atoms with van der Waals surface area (Å²) in [5.41, 5.74) is 8.78. The lowest BCUT2D eigenvalue weighted by Crippen LogP contribution is -2.35. The number of benzene rings is 1. The molecule has 0 saturated carbocycles. The second-order valence-electron chi connectivity index (χ2n) is 6.63. The van der Waals surface area contributed by atoms with Gasteiger partial charge in [0.25, 0.3) is 0 Å². The minimum absolute atomic E-state index is 0. The van der Waals surface area contributed by atoms with Crippen LogP contribution < -0.4 is 5.73 Å². The van der Waals surface area contributed by atoms with Crippen LogP contribution in [0.4, 0.5) is 5.82 Å². The van der Waals surface area contributed by atoms with Crippen molar-refractivity contribution in [3.63, 3.8) is 0 Å². The van der Waals surface area contributed by atoms with Gasteiger partial charge in [-0.05, 0) is 62.0 Å². The highest BCUT2D eigenvalue weighted by Crippen LogP contribution is 2.35. The van der Waals surface area contributed by atoms with Crippen molar-refractivity contribution >= 4 is 5.82 Å². The maximum atomic E-state index is 10.1. The summed E-state index contributed by atoms with van der Waals surface area (Å²) in [6, 6.07) is 11.2. The Labute approximate surface area is 156 Å². The molecule has 5 nitrogen and oxygen atoms in total. The summed E-state index contributed by atoms with van der Waals surface area (Å²) in [4.78, 5) is 6.82. The van der Waals surface area contributed by atoms with Gasteiger partial charge in [0.1, 0.15) is 17.6 Å². The Bertz CT molecular complexity index is 795. The molecule has 1 atom stereocenters. The predicted molar refractivity (Wildman–Crippen MR) is 106 cm³/mol. The van der Waals surface area contributed by atoms with E-state index in [4.69, 9.17) is 5.73 Å². The van der Waals surface area contributed by atoms with Crippen LogP contribution in [0.5, 0.6) is 5.75 Å². The number of aromatic nitrogens is 1.